The third-order valence-corrected chi connectivity index (χ3v) is 4.35. The third kappa shape index (κ3) is 6.70. The zero-order chi connectivity index (χ0) is 20.5. The zero-order valence-electron chi connectivity index (χ0n) is 15.9. The molecule has 0 aliphatic heterocycles. The molecule has 0 aromatic heterocycles. The maximum Gasteiger partial charge on any atom is 0.260 e. The van der Waals surface area contributed by atoms with Gasteiger partial charge >= 0.3 is 0 Å². The van der Waals surface area contributed by atoms with Gasteiger partial charge in [-0.1, -0.05) is 23.7 Å². The van der Waals surface area contributed by atoms with Gasteiger partial charge in [0.2, 0.25) is 5.91 Å². The van der Waals surface area contributed by atoms with Gasteiger partial charge in [0, 0.05) is 23.7 Å². The van der Waals surface area contributed by atoms with Gasteiger partial charge in [-0.3, -0.25) is 14.4 Å². The average molecular weight is 403 g/mol. The maximum atomic E-state index is 12.3. The summed E-state index contributed by atoms with van der Waals surface area (Å²) in [4.78, 5) is 37.1. The Labute approximate surface area is 169 Å². The molecule has 0 atom stereocenters. The highest BCUT2D eigenvalue weighted by molar-refractivity contribution is 6.30. The van der Waals surface area contributed by atoms with Crippen LogP contribution in [-0.4, -0.2) is 42.2 Å². The van der Waals surface area contributed by atoms with Gasteiger partial charge in [-0.25, -0.2) is 0 Å². The molecule has 0 aliphatic rings. The van der Waals surface area contributed by atoms with E-state index in [1.54, 1.807) is 43.3 Å². The monoisotopic (exact) mass is 402 g/mol. The molecule has 7 heteroatoms. The standard InChI is InChI=1S/C21H23ClN2O4/c1-3-24(13-20(26)23-12-16-4-8-18(22)9-5-16)21(27)14-28-19-10-6-17(7-11-19)15(2)25/h4-11H,3,12-14H2,1-2H3,(H,23,26). The van der Waals surface area contributed by atoms with Crippen molar-refractivity contribution >= 4 is 29.2 Å². The number of hydrogen-bond donors (Lipinski definition) is 1. The molecule has 2 rings (SSSR count). The Hall–Kier alpha value is -2.86. The lowest BCUT2D eigenvalue weighted by Gasteiger charge is -2.20. The molecule has 148 valence electrons. The van der Waals surface area contributed by atoms with Crippen molar-refractivity contribution in [2.45, 2.75) is 20.4 Å². The van der Waals surface area contributed by atoms with Crippen molar-refractivity contribution < 1.29 is 19.1 Å². The quantitative estimate of drug-likeness (QED) is 0.654. The van der Waals surface area contributed by atoms with E-state index in [0.717, 1.165) is 5.56 Å². The summed E-state index contributed by atoms with van der Waals surface area (Å²) in [6.45, 7) is 3.80. The highest BCUT2D eigenvalue weighted by Crippen LogP contribution is 2.13. The van der Waals surface area contributed by atoms with Crippen LogP contribution in [0.25, 0.3) is 0 Å². The summed E-state index contributed by atoms with van der Waals surface area (Å²) in [6, 6.07) is 13.7. The Morgan fingerprint density at radius 1 is 1.04 bits per heavy atom. The first-order chi connectivity index (χ1) is 13.4. The molecule has 0 aliphatic carbocycles. The molecule has 0 bridgehead atoms. The van der Waals surface area contributed by atoms with Crippen molar-refractivity contribution in [3.63, 3.8) is 0 Å². The lowest BCUT2D eigenvalue weighted by molar-refractivity contribution is -0.137. The number of carbonyl (C=O) groups excluding carboxylic acids is 3. The number of Topliss-reactive ketones (excluding diaryl/α,β-unsaturated/α-hetero) is 1. The largest absolute Gasteiger partial charge is 0.484 e. The number of likely N-dealkylation sites (N-methyl/N-ethyl adjacent to an activating group) is 1. The van der Waals surface area contributed by atoms with Gasteiger partial charge in [0.15, 0.2) is 12.4 Å². The molecule has 0 fully saturated rings. The molecule has 0 saturated carbocycles. The second kappa shape index (κ2) is 10.5. The number of amides is 2. The van der Waals surface area contributed by atoms with Gasteiger partial charge in [0.25, 0.3) is 5.91 Å². The van der Waals surface area contributed by atoms with E-state index in [4.69, 9.17) is 16.3 Å². The molecule has 0 radical (unpaired) electrons. The van der Waals surface area contributed by atoms with E-state index in [1.165, 1.54) is 11.8 Å². The van der Waals surface area contributed by atoms with Crippen molar-refractivity contribution in [1.29, 1.82) is 0 Å². The Morgan fingerprint density at radius 2 is 1.68 bits per heavy atom. The summed E-state index contributed by atoms with van der Waals surface area (Å²) in [7, 11) is 0. The van der Waals surface area contributed by atoms with Crippen LogP contribution in [0.1, 0.15) is 29.8 Å². The predicted octanol–water partition coefficient (Wildman–Crippen LogP) is 3.09. The van der Waals surface area contributed by atoms with Crippen LogP contribution in [0, 0.1) is 0 Å². The lowest BCUT2D eigenvalue weighted by Crippen LogP contribution is -2.42. The van der Waals surface area contributed by atoms with Crippen LogP contribution < -0.4 is 10.1 Å². The number of ether oxygens (including phenoxy) is 1. The number of halogens is 1. The zero-order valence-corrected chi connectivity index (χ0v) is 16.7. The molecule has 0 heterocycles. The first-order valence-corrected chi connectivity index (χ1v) is 9.29. The fraction of sp³-hybridized carbons (Fsp3) is 0.286. The molecule has 0 unspecified atom stereocenters. The van der Waals surface area contributed by atoms with Gasteiger partial charge in [-0.2, -0.15) is 0 Å². The van der Waals surface area contributed by atoms with Crippen molar-refractivity contribution in [1.82, 2.24) is 10.2 Å². The Balaban J connectivity index is 1.80. The highest BCUT2D eigenvalue weighted by atomic mass is 35.5. The van der Waals surface area contributed by atoms with Crippen molar-refractivity contribution in [2.75, 3.05) is 19.7 Å². The van der Waals surface area contributed by atoms with Crippen LogP contribution in [-0.2, 0) is 16.1 Å². The van der Waals surface area contributed by atoms with Crippen LogP contribution >= 0.6 is 11.6 Å². The number of nitrogens with one attached hydrogen (secondary N) is 1. The van der Waals surface area contributed by atoms with E-state index in [2.05, 4.69) is 5.32 Å². The lowest BCUT2D eigenvalue weighted by atomic mass is 10.1. The second-order valence-electron chi connectivity index (χ2n) is 6.18. The fourth-order valence-corrected chi connectivity index (χ4v) is 2.56. The second-order valence-corrected chi connectivity index (χ2v) is 6.62. The molecular weight excluding hydrogens is 380 g/mol. The van der Waals surface area contributed by atoms with Crippen LogP contribution in [0.2, 0.25) is 5.02 Å². The molecule has 2 aromatic rings. The van der Waals surface area contributed by atoms with Crippen LogP contribution in [0.5, 0.6) is 5.75 Å². The summed E-state index contributed by atoms with van der Waals surface area (Å²) in [5.74, 6) is -0.0956. The summed E-state index contributed by atoms with van der Waals surface area (Å²) < 4.78 is 5.46. The predicted molar refractivity (Wildman–Crippen MR) is 107 cm³/mol. The number of nitrogens with zero attached hydrogens (tertiary/aromatic N) is 1. The van der Waals surface area contributed by atoms with E-state index in [-0.39, 0.29) is 30.7 Å². The van der Waals surface area contributed by atoms with Crippen molar-refractivity contribution in [2.24, 2.45) is 0 Å². The molecule has 6 nitrogen and oxygen atoms in total. The van der Waals surface area contributed by atoms with E-state index in [1.807, 2.05) is 12.1 Å². The molecule has 2 amide bonds. The first kappa shape index (κ1) is 21.4. The molecular formula is C21H23ClN2O4. The Morgan fingerprint density at radius 3 is 2.25 bits per heavy atom. The third-order valence-electron chi connectivity index (χ3n) is 4.09. The molecule has 1 N–H and O–H groups in total. The minimum atomic E-state index is -0.292. The summed E-state index contributed by atoms with van der Waals surface area (Å²) >= 11 is 5.83. The SMILES string of the molecule is CCN(CC(=O)NCc1ccc(Cl)cc1)C(=O)COc1ccc(C(C)=O)cc1. The molecule has 0 spiro atoms. The van der Waals surface area contributed by atoms with E-state index in [0.29, 0.717) is 29.4 Å². The van der Waals surface area contributed by atoms with Crippen molar-refractivity contribution in [3.05, 3.63) is 64.7 Å². The van der Waals surface area contributed by atoms with E-state index >= 15 is 0 Å². The van der Waals surface area contributed by atoms with Gasteiger partial charge in [0.1, 0.15) is 5.75 Å². The average Bonchev–Trinajstić information content (AvgIpc) is 2.70. The number of hydrogen-bond acceptors (Lipinski definition) is 4. The first-order valence-electron chi connectivity index (χ1n) is 8.91. The number of rotatable bonds is 9. The Bertz CT molecular complexity index is 819. The topological polar surface area (TPSA) is 75.7 Å². The summed E-state index contributed by atoms with van der Waals surface area (Å²) in [5, 5.41) is 3.41. The summed E-state index contributed by atoms with van der Waals surface area (Å²) in [5.41, 5.74) is 1.50. The van der Waals surface area contributed by atoms with E-state index in [9.17, 15) is 14.4 Å². The minimum absolute atomic E-state index is 0.0376. The molecule has 28 heavy (non-hydrogen) atoms. The minimum Gasteiger partial charge on any atom is -0.484 e. The van der Waals surface area contributed by atoms with Crippen LogP contribution in [0.3, 0.4) is 0 Å². The van der Waals surface area contributed by atoms with Gasteiger partial charge in [0.05, 0.1) is 6.54 Å². The fourth-order valence-electron chi connectivity index (χ4n) is 2.43. The summed E-state index contributed by atoms with van der Waals surface area (Å²) in [6.07, 6.45) is 0. The number of ketones is 1. The Kier molecular flexibility index (Phi) is 8.02. The van der Waals surface area contributed by atoms with Crippen LogP contribution in [0.4, 0.5) is 0 Å². The smallest absolute Gasteiger partial charge is 0.260 e. The normalized spacial score (nSPS) is 10.2. The van der Waals surface area contributed by atoms with E-state index < -0.39 is 0 Å². The maximum absolute atomic E-state index is 12.3. The van der Waals surface area contributed by atoms with Gasteiger partial charge in [-0.05, 0) is 55.8 Å². The number of benzene rings is 2. The molecule has 0 saturated heterocycles. The highest BCUT2D eigenvalue weighted by Gasteiger charge is 2.16. The van der Waals surface area contributed by atoms with Crippen LogP contribution in [0.15, 0.2) is 48.5 Å². The van der Waals surface area contributed by atoms with Gasteiger partial charge in [-0.15, -0.1) is 0 Å². The van der Waals surface area contributed by atoms with Crippen molar-refractivity contribution in [3.8, 4) is 5.75 Å². The molecule has 2 aromatic carbocycles. The number of carbonyl (C=O) groups is 3. The van der Waals surface area contributed by atoms with Gasteiger partial charge < -0.3 is 15.0 Å².